The van der Waals surface area contributed by atoms with Gasteiger partial charge in [0.25, 0.3) is 11.7 Å². The number of cyclic esters (lactones) is 1. The van der Waals surface area contributed by atoms with E-state index in [1.54, 1.807) is 27.0 Å². The topological polar surface area (TPSA) is 212 Å². The summed E-state index contributed by atoms with van der Waals surface area (Å²) < 4.78 is 53.7. The molecule has 15 atom stereocenters. The standard InChI is InChI=1S/C58H91NO16/c1-36-16-12-11-13-17-37(2)49(73-27-26-71-45-34-70-35-45)32-44-21-19-42(7)58(66,75-44)55(63)56(64)59-23-15-14-18-46(59)57(65)74-50(39(4)30-43-20-22-48(72-25-24-60)51(31-43)67-8)33-47(61)38(3)29-41(6)53(68-9)54(69-10)52(62)40(5)28-36/h11-13,16-17,29,36,38-40,42-46,48-51,53-54,60,66H,14-15,18-28,30-35H2,1-10H3/b13-11+,16-12+,37-17+,41-29+/t36-,38-,39-,40-,42-,43+,44+,46+,48-,49?,50+,51-,53-,54+,58-/m1/s1. The highest BCUT2D eigenvalue weighted by Gasteiger charge is 2.53. The number of Topliss-reactive ketones (excluding diaryl/α,β-unsaturated/α-hetero) is 3. The normalized spacial score (nSPS) is 37.8. The molecule has 0 aromatic carbocycles. The molecule has 4 fully saturated rings. The van der Waals surface area contributed by atoms with Crippen LogP contribution < -0.4 is 0 Å². The van der Waals surface area contributed by atoms with Gasteiger partial charge in [-0.2, -0.15) is 0 Å². The fourth-order valence-electron chi connectivity index (χ4n) is 11.4. The van der Waals surface area contributed by atoms with Crippen LogP contribution in [0.25, 0.3) is 0 Å². The number of carbonyl (C=O) groups is 5. The van der Waals surface area contributed by atoms with E-state index in [9.17, 15) is 34.2 Å². The monoisotopic (exact) mass is 1060 g/mol. The van der Waals surface area contributed by atoms with Crippen LogP contribution in [0.15, 0.2) is 47.6 Å². The van der Waals surface area contributed by atoms with Gasteiger partial charge < -0.3 is 57.7 Å². The van der Waals surface area contributed by atoms with Crippen LogP contribution in [0.3, 0.4) is 0 Å². The highest BCUT2D eigenvalue weighted by Crippen LogP contribution is 2.38. The number of aliphatic hydroxyl groups is 2. The second-order valence-corrected chi connectivity index (χ2v) is 22.0. The molecule has 0 spiro atoms. The van der Waals surface area contributed by atoms with Gasteiger partial charge in [0.2, 0.25) is 5.79 Å². The molecule has 0 aromatic heterocycles. The summed E-state index contributed by atoms with van der Waals surface area (Å²) in [6.45, 7) is 15.0. The lowest BCUT2D eigenvalue weighted by Gasteiger charge is -2.43. The number of hydrogen-bond acceptors (Lipinski definition) is 16. The van der Waals surface area contributed by atoms with E-state index in [4.69, 9.17) is 42.6 Å². The van der Waals surface area contributed by atoms with Crippen molar-refractivity contribution in [3.8, 4) is 0 Å². The van der Waals surface area contributed by atoms with Gasteiger partial charge in [0, 0.05) is 58.5 Å². The van der Waals surface area contributed by atoms with Gasteiger partial charge in [0.1, 0.15) is 36.2 Å². The Hall–Kier alpha value is -3.49. The third-order valence-corrected chi connectivity index (χ3v) is 16.2. The molecule has 2 N–H and O–H groups in total. The van der Waals surface area contributed by atoms with Gasteiger partial charge in [0.05, 0.1) is 64.1 Å². The van der Waals surface area contributed by atoms with Gasteiger partial charge in [-0.05, 0) is 107 Å². The Morgan fingerprint density at radius 3 is 2.20 bits per heavy atom. The first-order chi connectivity index (χ1) is 35.8. The fraction of sp³-hybridized carbons (Fsp3) is 0.776. The van der Waals surface area contributed by atoms with Gasteiger partial charge in [-0.15, -0.1) is 0 Å². The number of ketones is 3. The van der Waals surface area contributed by atoms with Crippen LogP contribution in [0.4, 0.5) is 0 Å². The summed E-state index contributed by atoms with van der Waals surface area (Å²) in [6.07, 6.45) is 13.0. The molecule has 5 rings (SSSR count). The summed E-state index contributed by atoms with van der Waals surface area (Å²) in [5.41, 5.74) is 1.51. The van der Waals surface area contributed by atoms with Crippen molar-refractivity contribution in [2.45, 2.75) is 186 Å². The van der Waals surface area contributed by atoms with E-state index < -0.39 is 71.8 Å². The Morgan fingerprint density at radius 1 is 0.787 bits per heavy atom. The average molecular weight is 1060 g/mol. The number of ether oxygens (including phenoxy) is 9. The van der Waals surface area contributed by atoms with Crippen molar-refractivity contribution in [3.63, 3.8) is 0 Å². The molecule has 75 heavy (non-hydrogen) atoms. The summed E-state index contributed by atoms with van der Waals surface area (Å²) in [4.78, 5) is 73.3. The fourth-order valence-corrected chi connectivity index (χ4v) is 11.4. The Bertz CT molecular complexity index is 1980. The summed E-state index contributed by atoms with van der Waals surface area (Å²) in [5.74, 6) is -7.64. The lowest BCUT2D eigenvalue weighted by Crippen LogP contribution is -2.61. The molecule has 4 aliphatic heterocycles. The molecule has 1 unspecified atom stereocenters. The van der Waals surface area contributed by atoms with Crippen molar-refractivity contribution in [3.05, 3.63) is 47.6 Å². The number of hydrogen-bond donors (Lipinski definition) is 2. The second kappa shape index (κ2) is 30.6. The molecule has 0 radical (unpaired) electrons. The molecule has 5 aliphatic rings. The van der Waals surface area contributed by atoms with E-state index in [-0.39, 0.29) is 99.2 Å². The molecule has 17 heteroatoms. The molecule has 1 aliphatic carbocycles. The Kier molecular flexibility index (Phi) is 25.4. The zero-order valence-electron chi connectivity index (χ0n) is 46.6. The molecule has 1 amide bonds. The minimum atomic E-state index is -2.47. The average Bonchev–Trinajstić information content (AvgIpc) is 3.38. The predicted molar refractivity (Wildman–Crippen MR) is 280 cm³/mol. The van der Waals surface area contributed by atoms with Crippen LogP contribution >= 0.6 is 0 Å². The number of esters is 1. The van der Waals surface area contributed by atoms with Crippen molar-refractivity contribution in [2.75, 3.05) is 67.5 Å². The number of methoxy groups -OCH3 is 3. The Labute approximate surface area is 446 Å². The first-order valence-corrected chi connectivity index (χ1v) is 27.7. The largest absolute Gasteiger partial charge is 0.460 e. The van der Waals surface area contributed by atoms with Crippen LogP contribution in [-0.2, 0) is 66.6 Å². The number of amides is 1. The number of piperidine rings is 1. The van der Waals surface area contributed by atoms with Crippen molar-refractivity contribution >= 4 is 29.2 Å². The molecule has 4 heterocycles. The maximum Gasteiger partial charge on any atom is 0.329 e. The molecule has 17 nitrogen and oxygen atoms in total. The van der Waals surface area contributed by atoms with E-state index in [0.717, 1.165) is 12.0 Å². The number of nitrogens with zero attached hydrogens (tertiary/aromatic N) is 1. The summed E-state index contributed by atoms with van der Waals surface area (Å²) >= 11 is 0. The number of allylic oxidation sites excluding steroid dienone is 6. The van der Waals surface area contributed by atoms with Gasteiger partial charge in [-0.1, -0.05) is 71.1 Å². The van der Waals surface area contributed by atoms with E-state index >= 15 is 0 Å². The number of aliphatic hydroxyl groups excluding tert-OH is 1. The lowest BCUT2D eigenvalue weighted by molar-refractivity contribution is -0.266. The van der Waals surface area contributed by atoms with E-state index in [0.29, 0.717) is 76.8 Å². The zero-order chi connectivity index (χ0) is 54.8. The van der Waals surface area contributed by atoms with E-state index in [1.165, 1.54) is 19.1 Å². The summed E-state index contributed by atoms with van der Waals surface area (Å²) in [6, 6.07) is -1.15. The van der Waals surface area contributed by atoms with E-state index in [1.807, 2.05) is 65.0 Å². The first-order valence-electron chi connectivity index (χ1n) is 27.7. The third-order valence-electron chi connectivity index (χ3n) is 16.2. The molecule has 3 saturated heterocycles. The Balaban J connectivity index is 1.47. The molecule has 0 aromatic rings. The predicted octanol–water partition coefficient (Wildman–Crippen LogP) is 6.64. The summed E-state index contributed by atoms with van der Waals surface area (Å²) in [7, 11) is 4.63. The number of carbonyl (C=O) groups excluding carboxylic acids is 5. The van der Waals surface area contributed by atoms with E-state index in [2.05, 4.69) is 0 Å². The molecule has 2 bridgehead atoms. The first kappa shape index (κ1) is 62.4. The summed E-state index contributed by atoms with van der Waals surface area (Å²) in [5, 5.41) is 21.6. The SMILES string of the molecule is CO[C@@H]1/C(C)=C/[C@@H](C)C(=O)C[C@@H]([C@H](C)C[C@@H]2CC[C@@H](OCCO)[C@H](OC)C2)OC(=O)[C@@H]2CCCCN2C(=O)C(=O)[C@]2(O)O[C@@H](CC[C@H]2C)CC(OCCOC2COC2)/C(C)=C/C=C/C=C/[C@@H](C)C[C@@H](C)C(=O)[C@@H]1OC. The number of rotatable bonds is 14. The minimum absolute atomic E-state index is 0.0214. The van der Waals surface area contributed by atoms with Crippen LogP contribution in [0.5, 0.6) is 0 Å². The van der Waals surface area contributed by atoms with Crippen molar-refractivity contribution in [2.24, 2.45) is 35.5 Å². The van der Waals surface area contributed by atoms with Gasteiger partial charge in [-0.3, -0.25) is 19.2 Å². The van der Waals surface area contributed by atoms with Crippen LogP contribution in [0.2, 0.25) is 0 Å². The van der Waals surface area contributed by atoms with Gasteiger partial charge in [-0.25, -0.2) is 4.79 Å². The second-order valence-electron chi connectivity index (χ2n) is 22.0. The smallest absolute Gasteiger partial charge is 0.329 e. The van der Waals surface area contributed by atoms with Gasteiger partial charge in [0.15, 0.2) is 5.78 Å². The quantitative estimate of drug-likeness (QED) is 0.0808. The number of fused-ring (bicyclic) bond motifs is 3. The molecule has 424 valence electrons. The van der Waals surface area contributed by atoms with Crippen molar-refractivity contribution < 1.29 is 76.8 Å². The highest BCUT2D eigenvalue weighted by atomic mass is 16.6. The highest BCUT2D eigenvalue weighted by molar-refractivity contribution is 6.39. The lowest BCUT2D eigenvalue weighted by atomic mass is 9.78. The van der Waals surface area contributed by atoms with Crippen LogP contribution in [-0.4, -0.2) is 173 Å². The molecular weight excluding hydrogens is 967 g/mol. The maximum absolute atomic E-state index is 14.6. The van der Waals surface area contributed by atoms with Crippen molar-refractivity contribution in [1.82, 2.24) is 4.90 Å². The van der Waals surface area contributed by atoms with Crippen LogP contribution in [0, 0.1) is 35.5 Å². The van der Waals surface area contributed by atoms with Crippen molar-refractivity contribution in [1.29, 1.82) is 0 Å². The van der Waals surface area contributed by atoms with Gasteiger partial charge >= 0.3 is 5.97 Å². The molecular formula is C58H91NO16. The minimum Gasteiger partial charge on any atom is -0.460 e. The maximum atomic E-state index is 14.6. The Morgan fingerprint density at radius 2 is 1.52 bits per heavy atom. The van der Waals surface area contributed by atoms with Crippen LogP contribution in [0.1, 0.15) is 126 Å². The third kappa shape index (κ3) is 17.5. The zero-order valence-corrected chi connectivity index (χ0v) is 46.6. The molecule has 1 saturated carbocycles.